The average Bonchev–Trinajstić information content (AvgIpc) is 2.48. The molecular weight excluding hydrogens is 248 g/mol. The van der Waals surface area contributed by atoms with Crippen LogP contribution in [0, 0.1) is 6.92 Å². The fraction of sp³-hybridized carbons (Fsp3) is 0.647. The van der Waals surface area contributed by atoms with Gasteiger partial charge in [-0.15, -0.1) is 0 Å². The maximum absolute atomic E-state index is 10.4. The van der Waals surface area contributed by atoms with Crippen LogP contribution in [0.15, 0.2) is 18.2 Å². The van der Waals surface area contributed by atoms with E-state index in [0.717, 1.165) is 43.7 Å². The number of nitrogens with zero attached hydrogens (tertiary/aromatic N) is 1. The summed E-state index contributed by atoms with van der Waals surface area (Å²) in [5.74, 6) is 0.493. The Kier molecular flexibility index (Phi) is 5.86. The van der Waals surface area contributed by atoms with Crippen molar-refractivity contribution >= 4 is 0 Å². The zero-order valence-electron chi connectivity index (χ0n) is 12.9. The maximum Gasteiger partial charge on any atom is 0.123 e. The van der Waals surface area contributed by atoms with Crippen LogP contribution >= 0.6 is 0 Å². The Morgan fingerprint density at radius 1 is 1.25 bits per heavy atom. The van der Waals surface area contributed by atoms with Gasteiger partial charge >= 0.3 is 0 Å². The number of aromatic hydroxyl groups is 1. The summed E-state index contributed by atoms with van der Waals surface area (Å²) in [5, 5.41) is 13.8. The van der Waals surface area contributed by atoms with Crippen LogP contribution in [-0.4, -0.2) is 36.2 Å². The highest BCUT2D eigenvalue weighted by molar-refractivity contribution is 5.41. The molecule has 0 aliphatic carbocycles. The molecule has 1 aromatic rings. The molecule has 0 amide bonds. The predicted molar refractivity (Wildman–Crippen MR) is 84.2 cm³/mol. The second-order valence-electron chi connectivity index (χ2n) is 5.81. The Bertz CT molecular complexity index is 413. The SMILES string of the molecule is CCCCC[C@@H](c1cccc(C)c1O)N1CCNCC1. The molecule has 1 fully saturated rings. The normalized spacial score (nSPS) is 18.1. The van der Waals surface area contributed by atoms with Crippen molar-refractivity contribution in [2.45, 2.75) is 45.6 Å². The average molecular weight is 276 g/mol. The van der Waals surface area contributed by atoms with Crippen LogP contribution in [0.3, 0.4) is 0 Å². The smallest absolute Gasteiger partial charge is 0.123 e. The molecule has 0 aromatic heterocycles. The van der Waals surface area contributed by atoms with E-state index in [-0.39, 0.29) is 0 Å². The molecule has 112 valence electrons. The van der Waals surface area contributed by atoms with Gasteiger partial charge in [0.15, 0.2) is 0 Å². The summed E-state index contributed by atoms with van der Waals surface area (Å²) in [7, 11) is 0. The molecule has 0 spiro atoms. The quantitative estimate of drug-likeness (QED) is 0.783. The number of phenolic OH excluding ortho intramolecular Hbond substituents is 1. The summed E-state index contributed by atoms with van der Waals surface area (Å²) in [6.07, 6.45) is 4.90. The topological polar surface area (TPSA) is 35.5 Å². The molecule has 1 aliphatic rings. The third-order valence-electron chi connectivity index (χ3n) is 4.30. The van der Waals surface area contributed by atoms with Crippen molar-refractivity contribution in [2.75, 3.05) is 26.2 Å². The Morgan fingerprint density at radius 3 is 2.70 bits per heavy atom. The predicted octanol–water partition coefficient (Wildman–Crippen LogP) is 3.23. The van der Waals surface area contributed by atoms with Gasteiger partial charge < -0.3 is 10.4 Å². The number of piperazine rings is 1. The minimum Gasteiger partial charge on any atom is -0.507 e. The van der Waals surface area contributed by atoms with Crippen LogP contribution < -0.4 is 5.32 Å². The highest BCUT2D eigenvalue weighted by atomic mass is 16.3. The van der Waals surface area contributed by atoms with Gasteiger partial charge in [0.2, 0.25) is 0 Å². The lowest BCUT2D eigenvalue weighted by Crippen LogP contribution is -2.45. The van der Waals surface area contributed by atoms with Crippen molar-refractivity contribution in [1.29, 1.82) is 0 Å². The number of hydrogen-bond acceptors (Lipinski definition) is 3. The first-order valence-electron chi connectivity index (χ1n) is 7.97. The molecular formula is C17H28N2O. The van der Waals surface area contributed by atoms with E-state index in [1.807, 2.05) is 13.0 Å². The van der Waals surface area contributed by atoms with Gasteiger partial charge in [0, 0.05) is 37.8 Å². The van der Waals surface area contributed by atoms with Gasteiger partial charge in [0.25, 0.3) is 0 Å². The first-order valence-corrected chi connectivity index (χ1v) is 7.97. The number of hydrogen-bond donors (Lipinski definition) is 2. The zero-order valence-corrected chi connectivity index (χ0v) is 12.9. The molecule has 2 N–H and O–H groups in total. The van der Waals surface area contributed by atoms with Crippen molar-refractivity contribution in [1.82, 2.24) is 10.2 Å². The molecule has 1 aliphatic heterocycles. The van der Waals surface area contributed by atoms with E-state index in [0.29, 0.717) is 11.8 Å². The third kappa shape index (κ3) is 3.74. The molecule has 1 saturated heterocycles. The summed E-state index contributed by atoms with van der Waals surface area (Å²) in [5.41, 5.74) is 2.10. The Labute approximate surface area is 123 Å². The molecule has 20 heavy (non-hydrogen) atoms. The summed E-state index contributed by atoms with van der Waals surface area (Å²) < 4.78 is 0. The van der Waals surface area contributed by atoms with Gasteiger partial charge in [0.1, 0.15) is 5.75 Å². The number of para-hydroxylation sites is 1. The summed E-state index contributed by atoms with van der Waals surface area (Å²) in [4.78, 5) is 2.53. The molecule has 1 atom stereocenters. The molecule has 1 aromatic carbocycles. The zero-order chi connectivity index (χ0) is 14.4. The van der Waals surface area contributed by atoms with Crippen LogP contribution in [-0.2, 0) is 0 Å². The number of benzene rings is 1. The Hall–Kier alpha value is -1.06. The van der Waals surface area contributed by atoms with E-state index in [2.05, 4.69) is 29.3 Å². The van der Waals surface area contributed by atoms with Crippen LogP contribution in [0.4, 0.5) is 0 Å². The van der Waals surface area contributed by atoms with Crippen molar-refractivity contribution in [3.63, 3.8) is 0 Å². The van der Waals surface area contributed by atoms with Gasteiger partial charge in [-0.1, -0.05) is 44.4 Å². The van der Waals surface area contributed by atoms with Crippen LogP contribution in [0.1, 0.15) is 49.8 Å². The maximum atomic E-state index is 10.4. The molecule has 3 heteroatoms. The Morgan fingerprint density at radius 2 is 2.00 bits per heavy atom. The summed E-state index contributed by atoms with van der Waals surface area (Å²) in [6.45, 7) is 8.48. The summed E-state index contributed by atoms with van der Waals surface area (Å²) >= 11 is 0. The van der Waals surface area contributed by atoms with E-state index in [9.17, 15) is 5.11 Å². The molecule has 0 radical (unpaired) electrons. The van der Waals surface area contributed by atoms with Crippen molar-refractivity contribution in [3.05, 3.63) is 29.3 Å². The van der Waals surface area contributed by atoms with E-state index in [1.165, 1.54) is 19.3 Å². The lowest BCUT2D eigenvalue weighted by atomic mass is 9.95. The minimum absolute atomic E-state index is 0.364. The van der Waals surface area contributed by atoms with Crippen molar-refractivity contribution in [3.8, 4) is 5.75 Å². The second kappa shape index (κ2) is 7.65. The van der Waals surface area contributed by atoms with E-state index < -0.39 is 0 Å². The Balaban J connectivity index is 2.17. The number of rotatable bonds is 6. The number of unbranched alkanes of at least 4 members (excludes halogenated alkanes) is 2. The summed E-state index contributed by atoms with van der Waals surface area (Å²) in [6, 6.07) is 6.52. The first-order chi connectivity index (χ1) is 9.74. The fourth-order valence-electron chi connectivity index (χ4n) is 3.07. The largest absolute Gasteiger partial charge is 0.507 e. The molecule has 0 saturated carbocycles. The molecule has 2 rings (SSSR count). The van der Waals surface area contributed by atoms with E-state index >= 15 is 0 Å². The highest BCUT2D eigenvalue weighted by Crippen LogP contribution is 2.34. The first kappa shape index (κ1) is 15.3. The highest BCUT2D eigenvalue weighted by Gasteiger charge is 2.24. The van der Waals surface area contributed by atoms with E-state index in [4.69, 9.17) is 0 Å². The lowest BCUT2D eigenvalue weighted by molar-refractivity contribution is 0.160. The van der Waals surface area contributed by atoms with Gasteiger partial charge in [-0.25, -0.2) is 0 Å². The lowest BCUT2D eigenvalue weighted by Gasteiger charge is -2.35. The third-order valence-corrected chi connectivity index (χ3v) is 4.30. The fourth-order valence-corrected chi connectivity index (χ4v) is 3.07. The standard InChI is InChI=1S/C17H28N2O/c1-3-4-5-9-16(19-12-10-18-11-13-19)15-8-6-7-14(2)17(15)20/h6-8,16,18,20H,3-5,9-13H2,1-2H3/t16-/m0/s1. The van der Waals surface area contributed by atoms with Crippen LogP contribution in [0.5, 0.6) is 5.75 Å². The molecule has 0 bridgehead atoms. The van der Waals surface area contributed by atoms with Crippen molar-refractivity contribution in [2.24, 2.45) is 0 Å². The second-order valence-corrected chi connectivity index (χ2v) is 5.81. The number of nitrogens with one attached hydrogen (secondary N) is 1. The molecule has 3 nitrogen and oxygen atoms in total. The van der Waals surface area contributed by atoms with Crippen molar-refractivity contribution < 1.29 is 5.11 Å². The van der Waals surface area contributed by atoms with Crippen LogP contribution in [0.25, 0.3) is 0 Å². The minimum atomic E-state index is 0.364. The molecule has 1 heterocycles. The monoisotopic (exact) mass is 276 g/mol. The van der Waals surface area contributed by atoms with Gasteiger partial charge in [0.05, 0.1) is 0 Å². The van der Waals surface area contributed by atoms with Gasteiger partial charge in [-0.3, -0.25) is 4.90 Å². The number of phenols is 1. The van der Waals surface area contributed by atoms with Gasteiger partial charge in [-0.05, 0) is 18.9 Å². The van der Waals surface area contributed by atoms with Crippen LogP contribution in [0.2, 0.25) is 0 Å². The number of aryl methyl sites for hydroxylation is 1. The van der Waals surface area contributed by atoms with E-state index in [1.54, 1.807) is 0 Å². The van der Waals surface area contributed by atoms with Gasteiger partial charge in [-0.2, -0.15) is 0 Å². The molecule has 0 unspecified atom stereocenters.